The van der Waals surface area contributed by atoms with Crippen molar-refractivity contribution < 1.29 is 5.11 Å². The van der Waals surface area contributed by atoms with E-state index in [1.54, 1.807) is 16.8 Å². The van der Waals surface area contributed by atoms with Gasteiger partial charge in [-0.15, -0.1) is 0 Å². The molecule has 2 aliphatic rings. The van der Waals surface area contributed by atoms with Gasteiger partial charge in [-0.05, 0) is 31.0 Å². The molecule has 0 amide bonds. The van der Waals surface area contributed by atoms with E-state index in [2.05, 4.69) is 30.5 Å². The lowest BCUT2D eigenvalue weighted by molar-refractivity contribution is 0.279. The van der Waals surface area contributed by atoms with Gasteiger partial charge < -0.3 is 20.6 Å². The lowest BCUT2D eigenvalue weighted by Gasteiger charge is -2.29. The van der Waals surface area contributed by atoms with Crippen molar-refractivity contribution in [3.63, 3.8) is 0 Å². The third kappa shape index (κ3) is 3.54. The molecule has 0 spiro atoms. The second-order valence-electron chi connectivity index (χ2n) is 7.47. The van der Waals surface area contributed by atoms with E-state index in [1.807, 2.05) is 18.3 Å². The van der Waals surface area contributed by atoms with Crippen LogP contribution in [0.2, 0.25) is 0 Å². The van der Waals surface area contributed by atoms with Gasteiger partial charge in [-0.2, -0.15) is 4.98 Å². The van der Waals surface area contributed by atoms with Gasteiger partial charge in [-0.25, -0.2) is 9.97 Å². The molecule has 4 heterocycles. The second kappa shape index (κ2) is 7.41. The first-order chi connectivity index (χ1) is 14.2. The standard InChI is InChI=1S/C20H23N7O2/c28-12-14-9-13-10-23-20(25-18(13)27(19(14)29)15-1-2-15)24-17-4-3-16(11-22-17)26-7-5-21-6-8-26/h3-4,9-11,15,21,28H,1-2,5-8,12H2,(H,22,23,24,25). The predicted octanol–water partition coefficient (Wildman–Crippen LogP) is 1.17. The molecule has 1 saturated heterocycles. The Bertz CT molecular complexity index is 1090. The highest BCUT2D eigenvalue weighted by Crippen LogP contribution is 2.35. The van der Waals surface area contributed by atoms with Crippen molar-refractivity contribution in [2.75, 3.05) is 36.4 Å². The Morgan fingerprint density at radius 3 is 2.69 bits per heavy atom. The van der Waals surface area contributed by atoms with E-state index in [0.717, 1.165) is 50.1 Å². The summed E-state index contributed by atoms with van der Waals surface area (Å²) >= 11 is 0. The van der Waals surface area contributed by atoms with Crippen LogP contribution in [-0.4, -0.2) is 50.8 Å². The summed E-state index contributed by atoms with van der Waals surface area (Å²) in [4.78, 5) is 28.4. The molecule has 3 aromatic rings. The Labute approximate surface area is 167 Å². The van der Waals surface area contributed by atoms with Crippen molar-refractivity contribution in [3.8, 4) is 0 Å². The normalized spacial score (nSPS) is 16.9. The predicted molar refractivity (Wildman–Crippen MR) is 111 cm³/mol. The molecule has 0 radical (unpaired) electrons. The van der Waals surface area contributed by atoms with E-state index in [-0.39, 0.29) is 18.2 Å². The molecular weight excluding hydrogens is 370 g/mol. The number of piperazine rings is 1. The summed E-state index contributed by atoms with van der Waals surface area (Å²) in [7, 11) is 0. The maximum Gasteiger partial charge on any atom is 0.258 e. The van der Waals surface area contributed by atoms with Crippen LogP contribution in [0.5, 0.6) is 0 Å². The number of fused-ring (bicyclic) bond motifs is 1. The zero-order valence-corrected chi connectivity index (χ0v) is 16.0. The number of anilines is 3. The van der Waals surface area contributed by atoms with Crippen LogP contribution in [0, 0.1) is 0 Å². The van der Waals surface area contributed by atoms with Crippen LogP contribution < -0.4 is 21.1 Å². The minimum Gasteiger partial charge on any atom is -0.391 e. The Hall–Kier alpha value is -3.04. The molecule has 9 heteroatoms. The summed E-state index contributed by atoms with van der Waals surface area (Å²) in [6, 6.07) is 5.76. The first kappa shape index (κ1) is 18.0. The number of hydrogen-bond donors (Lipinski definition) is 3. The average molecular weight is 393 g/mol. The van der Waals surface area contributed by atoms with Crippen molar-refractivity contribution >= 4 is 28.5 Å². The molecule has 0 bridgehead atoms. The van der Waals surface area contributed by atoms with Gasteiger partial charge in [-0.3, -0.25) is 9.36 Å². The summed E-state index contributed by atoms with van der Waals surface area (Å²) in [6.07, 6.45) is 5.43. The van der Waals surface area contributed by atoms with Crippen molar-refractivity contribution in [1.82, 2.24) is 24.8 Å². The third-order valence-corrected chi connectivity index (χ3v) is 5.40. The first-order valence-electron chi connectivity index (χ1n) is 9.94. The minimum atomic E-state index is -0.287. The molecule has 2 fully saturated rings. The van der Waals surface area contributed by atoms with Crippen LogP contribution >= 0.6 is 0 Å². The highest BCUT2D eigenvalue weighted by atomic mass is 16.3. The fourth-order valence-corrected chi connectivity index (χ4v) is 3.71. The second-order valence-corrected chi connectivity index (χ2v) is 7.47. The number of nitrogens with zero attached hydrogens (tertiary/aromatic N) is 5. The van der Waals surface area contributed by atoms with Crippen molar-refractivity contribution in [2.24, 2.45) is 0 Å². The number of nitrogens with one attached hydrogen (secondary N) is 2. The van der Waals surface area contributed by atoms with Crippen molar-refractivity contribution in [1.29, 1.82) is 0 Å². The van der Waals surface area contributed by atoms with Crippen LogP contribution in [0.15, 0.2) is 35.4 Å². The van der Waals surface area contributed by atoms with Crippen molar-refractivity contribution in [3.05, 3.63) is 46.5 Å². The highest BCUT2D eigenvalue weighted by Gasteiger charge is 2.28. The van der Waals surface area contributed by atoms with Gasteiger partial charge in [0, 0.05) is 49.4 Å². The van der Waals surface area contributed by atoms with Gasteiger partial charge in [0.1, 0.15) is 11.5 Å². The molecule has 1 aliphatic carbocycles. The fourth-order valence-electron chi connectivity index (χ4n) is 3.71. The first-order valence-corrected chi connectivity index (χ1v) is 9.94. The van der Waals surface area contributed by atoms with E-state index in [0.29, 0.717) is 23.0 Å². The maximum absolute atomic E-state index is 12.7. The molecule has 1 aliphatic heterocycles. The molecule has 0 atom stereocenters. The average Bonchev–Trinajstić information content (AvgIpc) is 3.59. The number of pyridine rings is 2. The van der Waals surface area contributed by atoms with Gasteiger partial charge in [-0.1, -0.05) is 0 Å². The number of aliphatic hydroxyl groups is 1. The summed E-state index contributed by atoms with van der Waals surface area (Å²) in [5.41, 5.74) is 1.88. The highest BCUT2D eigenvalue weighted by molar-refractivity contribution is 5.76. The van der Waals surface area contributed by atoms with Crippen LogP contribution in [0.3, 0.4) is 0 Å². The number of hydrogen-bond acceptors (Lipinski definition) is 8. The molecule has 0 unspecified atom stereocenters. The van der Waals surface area contributed by atoms with Crippen LogP contribution in [0.25, 0.3) is 11.0 Å². The van der Waals surface area contributed by atoms with Gasteiger partial charge in [0.25, 0.3) is 5.56 Å². The van der Waals surface area contributed by atoms with Crippen molar-refractivity contribution in [2.45, 2.75) is 25.5 Å². The lowest BCUT2D eigenvalue weighted by Crippen LogP contribution is -2.43. The fraction of sp³-hybridized carbons (Fsp3) is 0.400. The van der Waals surface area contributed by atoms with Gasteiger partial charge in [0.05, 0.1) is 18.5 Å². The van der Waals surface area contributed by atoms with Crippen LogP contribution in [-0.2, 0) is 6.61 Å². The zero-order chi connectivity index (χ0) is 19.8. The Balaban J connectivity index is 1.43. The van der Waals surface area contributed by atoms with E-state index in [4.69, 9.17) is 0 Å². The largest absolute Gasteiger partial charge is 0.391 e. The molecule has 0 aromatic carbocycles. The third-order valence-electron chi connectivity index (χ3n) is 5.40. The molecule has 5 rings (SSSR count). The minimum absolute atomic E-state index is 0.149. The lowest BCUT2D eigenvalue weighted by atomic mass is 10.2. The monoisotopic (exact) mass is 393 g/mol. The topological polar surface area (TPSA) is 108 Å². The summed E-state index contributed by atoms with van der Waals surface area (Å²) in [5, 5.41) is 16.7. The van der Waals surface area contributed by atoms with E-state index in [9.17, 15) is 9.90 Å². The van der Waals surface area contributed by atoms with Gasteiger partial charge >= 0.3 is 0 Å². The number of aromatic nitrogens is 4. The number of aliphatic hydroxyl groups excluding tert-OH is 1. The zero-order valence-electron chi connectivity index (χ0n) is 16.0. The molecule has 3 aromatic heterocycles. The molecule has 3 N–H and O–H groups in total. The van der Waals surface area contributed by atoms with E-state index < -0.39 is 0 Å². The van der Waals surface area contributed by atoms with E-state index in [1.165, 1.54) is 0 Å². The Morgan fingerprint density at radius 2 is 2.00 bits per heavy atom. The SMILES string of the molecule is O=c1c(CO)cc2cnc(Nc3ccc(N4CCNCC4)cn3)nc2n1C1CC1. The summed E-state index contributed by atoms with van der Waals surface area (Å²) in [5.74, 6) is 1.04. The van der Waals surface area contributed by atoms with Gasteiger partial charge in [0.2, 0.25) is 5.95 Å². The number of rotatable bonds is 5. The smallest absolute Gasteiger partial charge is 0.258 e. The van der Waals surface area contributed by atoms with E-state index >= 15 is 0 Å². The van der Waals surface area contributed by atoms with Crippen LogP contribution in [0.4, 0.5) is 17.5 Å². The molecular formula is C20H23N7O2. The molecule has 9 nitrogen and oxygen atoms in total. The summed E-state index contributed by atoms with van der Waals surface area (Å²) in [6.45, 7) is 3.61. The maximum atomic E-state index is 12.7. The van der Waals surface area contributed by atoms with Crippen LogP contribution in [0.1, 0.15) is 24.4 Å². The summed E-state index contributed by atoms with van der Waals surface area (Å²) < 4.78 is 1.69. The quantitative estimate of drug-likeness (QED) is 0.593. The molecule has 29 heavy (non-hydrogen) atoms. The van der Waals surface area contributed by atoms with Gasteiger partial charge in [0.15, 0.2) is 0 Å². The Morgan fingerprint density at radius 1 is 1.17 bits per heavy atom. The molecule has 1 saturated carbocycles. The Kier molecular flexibility index (Phi) is 4.61. The molecule has 150 valence electrons.